The van der Waals surface area contributed by atoms with Crippen LogP contribution in [0.5, 0.6) is 5.75 Å². The maximum Gasteiger partial charge on any atom is 0.336 e. The zero-order valence-corrected chi connectivity index (χ0v) is 14.7. The number of hydrogen-bond donors (Lipinski definition) is 1. The number of benzene rings is 2. The van der Waals surface area contributed by atoms with Crippen LogP contribution in [-0.4, -0.2) is 6.73 Å². The maximum atomic E-state index is 11.9. The number of halogens is 1. The van der Waals surface area contributed by atoms with Crippen LogP contribution in [0.15, 0.2) is 51.7 Å². The second-order valence-corrected chi connectivity index (χ2v) is 6.82. The standard InChI is InChI=1S/C20H18ClNO3/c1-2-14-9-19(23)25-20-16(14)6-7-18-17(20)11-22(12-24-18)10-13-4-3-5-15(21)8-13/h3-9H,2,10-12H2,1H3/p+1. The third-order valence-corrected chi connectivity index (χ3v) is 4.88. The summed E-state index contributed by atoms with van der Waals surface area (Å²) in [5.41, 5.74) is 3.49. The van der Waals surface area contributed by atoms with Gasteiger partial charge in [0.15, 0.2) is 5.58 Å². The average Bonchev–Trinajstić information content (AvgIpc) is 2.61. The topological polar surface area (TPSA) is 43.9 Å². The first-order valence-electron chi connectivity index (χ1n) is 8.43. The van der Waals surface area contributed by atoms with Crippen LogP contribution < -0.4 is 15.3 Å². The van der Waals surface area contributed by atoms with Crippen molar-refractivity contribution in [3.05, 3.63) is 74.6 Å². The van der Waals surface area contributed by atoms with Crippen LogP contribution in [0.25, 0.3) is 11.0 Å². The van der Waals surface area contributed by atoms with Crippen LogP contribution in [0.1, 0.15) is 23.6 Å². The summed E-state index contributed by atoms with van der Waals surface area (Å²) in [6.07, 6.45) is 0.792. The van der Waals surface area contributed by atoms with Crippen LogP contribution >= 0.6 is 11.6 Å². The zero-order chi connectivity index (χ0) is 17.4. The fourth-order valence-electron chi connectivity index (χ4n) is 3.45. The predicted molar refractivity (Wildman–Crippen MR) is 97.2 cm³/mol. The summed E-state index contributed by atoms with van der Waals surface area (Å²) >= 11 is 6.08. The van der Waals surface area contributed by atoms with Gasteiger partial charge in [0.2, 0.25) is 6.73 Å². The van der Waals surface area contributed by atoms with E-state index in [0.717, 1.165) is 52.4 Å². The smallest absolute Gasteiger partial charge is 0.336 e. The molecule has 1 unspecified atom stereocenters. The van der Waals surface area contributed by atoms with E-state index in [2.05, 4.69) is 6.07 Å². The summed E-state index contributed by atoms with van der Waals surface area (Å²) in [6, 6.07) is 13.4. The molecular weight excluding hydrogens is 338 g/mol. The van der Waals surface area contributed by atoms with E-state index in [9.17, 15) is 4.79 Å². The third kappa shape index (κ3) is 3.15. The molecule has 4 nitrogen and oxygen atoms in total. The Morgan fingerprint density at radius 1 is 1.20 bits per heavy atom. The number of aryl methyl sites for hydroxylation is 1. The number of rotatable bonds is 3. The molecule has 1 atom stereocenters. The van der Waals surface area contributed by atoms with Crippen LogP contribution in [0.4, 0.5) is 0 Å². The van der Waals surface area contributed by atoms with Gasteiger partial charge < -0.3 is 9.15 Å². The quantitative estimate of drug-likeness (QED) is 0.734. The van der Waals surface area contributed by atoms with Gasteiger partial charge in [-0.25, -0.2) is 4.79 Å². The van der Waals surface area contributed by atoms with Crippen molar-refractivity contribution in [2.45, 2.75) is 26.4 Å². The Bertz CT molecular complexity index is 996. The van der Waals surface area contributed by atoms with Gasteiger partial charge in [-0.05, 0) is 36.2 Å². The molecule has 128 valence electrons. The van der Waals surface area contributed by atoms with Crippen molar-refractivity contribution in [3.63, 3.8) is 0 Å². The van der Waals surface area contributed by atoms with Gasteiger partial charge in [0.1, 0.15) is 18.8 Å². The van der Waals surface area contributed by atoms with Crippen molar-refractivity contribution in [2.24, 2.45) is 0 Å². The minimum atomic E-state index is -0.306. The third-order valence-electron chi connectivity index (χ3n) is 4.64. The Labute approximate surface area is 150 Å². The first kappa shape index (κ1) is 16.2. The molecule has 1 aromatic heterocycles. The highest BCUT2D eigenvalue weighted by Crippen LogP contribution is 2.30. The van der Waals surface area contributed by atoms with Gasteiger partial charge in [0.25, 0.3) is 0 Å². The van der Waals surface area contributed by atoms with Gasteiger partial charge in [0.05, 0.1) is 5.56 Å². The Balaban J connectivity index is 1.72. The van der Waals surface area contributed by atoms with Crippen LogP contribution in [-0.2, 0) is 19.5 Å². The van der Waals surface area contributed by atoms with Crippen molar-refractivity contribution in [1.29, 1.82) is 0 Å². The summed E-state index contributed by atoms with van der Waals surface area (Å²) in [5.74, 6) is 0.804. The van der Waals surface area contributed by atoms with Crippen molar-refractivity contribution in [3.8, 4) is 5.75 Å². The lowest BCUT2D eigenvalue weighted by Crippen LogP contribution is -3.10. The van der Waals surface area contributed by atoms with E-state index in [1.165, 1.54) is 4.90 Å². The van der Waals surface area contributed by atoms with E-state index in [1.807, 2.05) is 37.3 Å². The zero-order valence-electron chi connectivity index (χ0n) is 14.0. The minimum absolute atomic E-state index is 0.306. The second kappa shape index (κ2) is 6.54. The van der Waals surface area contributed by atoms with E-state index in [0.29, 0.717) is 12.3 Å². The number of hydrogen-bond acceptors (Lipinski definition) is 3. The molecule has 4 rings (SSSR count). The van der Waals surface area contributed by atoms with E-state index >= 15 is 0 Å². The summed E-state index contributed by atoms with van der Waals surface area (Å²) in [5, 5.41) is 1.73. The Kier molecular flexibility index (Phi) is 4.24. The molecule has 0 saturated carbocycles. The van der Waals surface area contributed by atoms with Gasteiger partial charge in [-0.3, -0.25) is 4.90 Å². The van der Waals surface area contributed by atoms with Gasteiger partial charge in [-0.1, -0.05) is 30.7 Å². The Morgan fingerprint density at radius 3 is 2.88 bits per heavy atom. The molecule has 0 fully saturated rings. The molecule has 0 aliphatic carbocycles. The molecule has 1 aliphatic heterocycles. The van der Waals surface area contributed by atoms with E-state index < -0.39 is 0 Å². The SMILES string of the molecule is CCc1cc(=O)oc2c3c(ccc12)OC[NH+](Cc1cccc(Cl)c1)C3. The van der Waals surface area contributed by atoms with E-state index in [1.54, 1.807) is 6.07 Å². The Hall–Kier alpha value is -2.30. The molecule has 2 heterocycles. The van der Waals surface area contributed by atoms with Gasteiger partial charge in [-0.15, -0.1) is 0 Å². The number of ether oxygens (including phenoxy) is 1. The molecule has 1 N–H and O–H groups in total. The van der Waals surface area contributed by atoms with Crippen LogP contribution in [0.3, 0.4) is 0 Å². The lowest BCUT2D eigenvalue weighted by atomic mass is 10.0. The second-order valence-electron chi connectivity index (χ2n) is 6.39. The van der Waals surface area contributed by atoms with Gasteiger partial charge in [0, 0.05) is 22.0 Å². The highest BCUT2D eigenvalue weighted by molar-refractivity contribution is 6.30. The summed E-state index contributed by atoms with van der Waals surface area (Å²) in [4.78, 5) is 13.2. The van der Waals surface area contributed by atoms with Gasteiger partial charge >= 0.3 is 5.63 Å². The van der Waals surface area contributed by atoms with Crippen molar-refractivity contribution in [2.75, 3.05) is 6.73 Å². The van der Waals surface area contributed by atoms with Crippen molar-refractivity contribution < 1.29 is 14.1 Å². The molecule has 2 aromatic carbocycles. The Morgan fingerprint density at radius 2 is 2.08 bits per heavy atom. The molecular formula is C20H19ClNO3+. The van der Waals surface area contributed by atoms with Gasteiger partial charge in [-0.2, -0.15) is 0 Å². The number of quaternary nitrogens is 1. The normalized spacial score (nSPS) is 16.5. The van der Waals surface area contributed by atoms with Crippen LogP contribution in [0, 0.1) is 0 Å². The molecule has 25 heavy (non-hydrogen) atoms. The van der Waals surface area contributed by atoms with E-state index in [4.69, 9.17) is 20.8 Å². The molecule has 0 saturated heterocycles. The van der Waals surface area contributed by atoms with Crippen molar-refractivity contribution >= 4 is 22.6 Å². The summed E-state index contributed by atoms with van der Waals surface area (Å²) in [6.45, 7) is 4.16. The fourth-order valence-corrected chi connectivity index (χ4v) is 3.67. The molecule has 1 aliphatic rings. The molecule has 0 amide bonds. The first-order chi connectivity index (χ1) is 12.1. The van der Waals surface area contributed by atoms with Crippen LogP contribution in [0.2, 0.25) is 5.02 Å². The monoisotopic (exact) mass is 356 g/mol. The maximum absolute atomic E-state index is 11.9. The summed E-state index contributed by atoms with van der Waals surface area (Å²) < 4.78 is 11.5. The number of fused-ring (bicyclic) bond motifs is 3. The van der Waals surface area contributed by atoms with Crippen molar-refractivity contribution in [1.82, 2.24) is 0 Å². The predicted octanol–water partition coefficient (Wildman–Crippen LogP) is 2.94. The molecule has 5 heteroatoms. The molecule has 3 aromatic rings. The molecule has 0 bridgehead atoms. The molecule has 0 spiro atoms. The van der Waals surface area contributed by atoms with E-state index in [-0.39, 0.29) is 5.63 Å². The largest absolute Gasteiger partial charge is 0.445 e. The highest BCUT2D eigenvalue weighted by atomic mass is 35.5. The number of nitrogens with one attached hydrogen (secondary N) is 1. The minimum Gasteiger partial charge on any atom is -0.445 e. The summed E-state index contributed by atoms with van der Waals surface area (Å²) in [7, 11) is 0. The average molecular weight is 357 g/mol. The fraction of sp³-hybridized carbons (Fsp3) is 0.250. The lowest BCUT2D eigenvalue weighted by molar-refractivity contribution is -0.945. The lowest BCUT2D eigenvalue weighted by Gasteiger charge is -2.26. The highest BCUT2D eigenvalue weighted by Gasteiger charge is 2.25. The first-order valence-corrected chi connectivity index (χ1v) is 8.81. The molecule has 0 radical (unpaired) electrons.